The van der Waals surface area contributed by atoms with Crippen molar-refractivity contribution in [2.24, 2.45) is 0 Å². The van der Waals surface area contributed by atoms with Gasteiger partial charge in [0.15, 0.2) is 0 Å². The topological polar surface area (TPSA) is 47.3 Å². The monoisotopic (exact) mass is 278 g/mol. The van der Waals surface area contributed by atoms with Gasteiger partial charge in [-0.3, -0.25) is 0 Å². The zero-order valence-corrected chi connectivity index (χ0v) is 11.9. The Bertz CT molecular complexity index is 446. The molecule has 0 aliphatic heterocycles. The number of hydrogen-bond donors (Lipinski definition) is 3. The first-order chi connectivity index (χ1) is 9.27. The zero-order chi connectivity index (χ0) is 13.9. The Morgan fingerprint density at radius 2 is 2.26 bits per heavy atom. The summed E-state index contributed by atoms with van der Waals surface area (Å²) < 4.78 is 5.65. The van der Waals surface area contributed by atoms with Gasteiger partial charge in [-0.25, -0.2) is 0 Å². The molecule has 19 heavy (non-hydrogen) atoms. The summed E-state index contributed by atoms with van der Waals surface area (Å²) in [5.74, 6) is 0.851. The molecule has 1 aromatic rings. The van der Waals surface area contributed by atoms with Crippen LogP contribution in [-0.2, 0) is 0 Å². The predicted molar refractivity (Wildman–Crippen MR) is 82.3 cm³/mol. The Morgan fingerprint density at radius 1 is 1.47 bits per heavy atom. The van der Waals surface area contributed by atoms with Crippen molar-refractivity contribution in [3.8, 4) is 5.75 Å². The van der Waals surface area contributed by atoms with Gasteiger partial charge in [0, 0.05) is 6.54 Å². The molecule has 4 nitrogen and oxygen atoms in total. The molecule has 1 aromatic carbocycles. The Balaban J connectivity index is 2.55. The van der Waals surface area contributed by atoms with E-state index >= 15 is 0 Å². The minimum Gasteiger partial charge on any atom is -0.493 e. The van der Waals surface area contributed by atoms with E-state index in [1.165, 1.54) is 0 Å². The zero-order valence-electron chi connectivity index (χ0n) is 11.1. The summed E-state index contributed by atoms with van der Waals surface area (Å²) in [7, 11) is 0. The van der Waals surface area contributed by atoms with E-state index in [0.717, 1.165) is 17.7 Å². The van der Waals surface area contributed by atoms with Gasteiger partial charge in [0.25, 0.3) is 0 Å². The van der Waals surface area contributed by atoms with Crippen LogP contribution in [0.15, 0.2) is 36.9 Å². The van der Waals surface area contributed by atoms with Crippen LogP contribution in [0.2, 0.25) is 0 Å². The van der Waals surface area contributed by atoms with Crippen molar-refractivity contribution in [3.05, 3.63) is 42.5 Å². The summed E-state index contributed by atoms with van der Waals surface area (Å²) in [4.78, 5) is 0. The number of hydrogen-bond acceptors (Lipinski definition) is 2. The minimum absolute atomic E-state index is 0.517. The van der Waals surface area contributed by atoms with Gasteiger partial charge in [0.2, 0.25) is 11.3 Å². The molecule has 0 aliphatic rings. The predicted octanol–water partition coefficient (Wildman–Crippen LogP) is 0.540. The van der Waals surface area contributed by atoms with Crippen LogP contribution in [0.5, 0.6) is 5.75 Å². The average Bonchev–Trinajstić information content (AvgIpc) is 2.44. The normalized spacial score (nSPS) is 10.2. The molecule has 102 valence electrons. The van der Waals surface area contributed by atoms with E-state index in [4.69, 9.17) is 17.0 Å². The molecule has 0 atom stereocenters. The SMILES string of the molecule is C=CCNC(=S)N[NH+]=Cc1ccccc1OCCC. The van der Waals surface area contributed by atoms with E-state index < -0.39 is 0 Å². The summed E-state index contributed by atoms with van der Waals surface area (Å²) in [5.41, 5.74) is 3.83. The Morgan fingerprint density at radius 3 is 3.00 bits per heavy atom. The molecule has 0 saturated heterocycles. The number of ether oxygens (including phenoxy) is 1. The van der Waals surface area contributed by atoms with E-state index in [1.807, 2.05) is 30.5 Å². The quantitative estimate of drug-likeness (QED) is 0.295. The number of benzene rings is 1. The third-order valence-corrected chi connectivity index (χ3v) is 2.45. The molecule has 0 aromatic heterocycles. The summed E-state index contributed by atoms with van der Waals surface area (Å²) >= 11 is 5.05. The number of hydrazone groups is 1. The molecule has 0 amide bonds. The van der Waals surface area contributed by atoms with Gasteiger partial charge in [0.05, 0.1) is 12.2 Å². The van der Waals surface area contributed by atoms with E-state index in [-0.39, 0.29) is 0 Å². The van der Waals surface area contributed by atoms with Crippen molar-refractivity contribution < 1.29 is 9.84 Å². The second kappa shape index (κ2) is 9.10. The third kappa shape index (κ3) is 6.01. The first-order valence-corrected chi connectivity index (χ1v) is 6.64. The van der Waals surface area contributed by atoms with Crippen LogP contribution in [0.1, 0.15) is 18.9 Å². The molecular weight excluding hydrogens is 258 g/mol. The largest absolute Gasteiger partial charge is 0.493 e. The summed E-state index contributed by atoms with van der Waals surface area (Å²) in [5, 5.41) is 6.41. The van der Waals surface area contributed by atoms with Gasteiger partial charge in [-0.2, -0.15) is 0 Å². The van der Waals surface area contributed by atoms with E-state index in [2.05, 4.69) is 29.3 Å². The van der Waals surface area contributed by atoms with Gasteiger partial charge >= 0.3 is 0 Å². The van der Waals surface area contributed by atoms with E-state index in [0.29, 0.717) is 18.3 Å². The van der Waals surface area contributed by atoms with Gasteiger partial charge in [-0.15, -0.1) is 17.1 Å². The lowest BCUT2D eigenvalue weighted by Gasteiger charge is -2.05. The number of para-hydroxylation sites is 1. The first-order valence-electron chi connectivity index (χ1n) is 6.23. The average molecular weight is 278 g/mol. The standard InChI is InChI=1S/C14H19N3OS/c1-3-9-15-14(19)17-16-11-12-7-5-6-8-13(12)18-10-4-2/h3,5-8,11H,1,4,9-10H2,2H3,(H2,15,17,19)/p+1. The van der Waals surface area contributed by atoms with Crippen LogP contribution in [0.3, 0.4) is 0 Å². The first kappa shape index (κ1) is 15.2. The van der Waals surface area contributed by atoms with Crippen LogP contribution in [0, 0.1) is 0 Å². The third-order valence-electron chi connectivity index (χ3n) is 2.20. The molecule has 5 heteroatoms. The number of nitrogens with one attached hydrogen (secondary N) is 3. The van der Waals surface area contributed by atoms with Crippen molar-refractivity contribution in [3.63, 3.8) is 0 Å². The van der Waals surface area contributed by atoms with E-state index in [1.54, 1.807) is 6.08 Å². The molecule has 0 bridgehead atoms. The summed E-state index contributed by atoms with van der Waals surface area (Å²) in [6.07, 6.45) is 4.54. The highest BCUT2D eigenvalue weighted by molar-refractivity contribution is 7.80. The highest BCUT2D eigenvalue weighted by Gasteiger charge is 2.02. The lowest BCUT2D eigenvalue weighted by atomic mass is 10.2. The lowest BCUT2D eigenvalue weighted by molar-refractivity contribution is -0.500. The molecule has 0 heterocycles. The van der Waals surface area contributed by atoms with Crippen LogP contribution in [0.4, 0.5) is 0 Å². The summed E-state index contributed by atoms with van der Waals surface area (Å²) in [6, 6.07) is 7.82. The highest BCUT2D eigenvalue weighted by Crippen LogP contribution is 2.14. The molecule has 3 N–H and O–H groups in total. The molecule has 1 rings (SSSR count). The van der Waals surface area contributed by atoms with E-state index in [9.17, 15) is 0 Å². The molecule has 0 aliphatic carbocycles. The van der Waals surface area contributed by atoms with Crippen LogP contribution in [-0.4, -0.2) is 24.5 Å². The smallest absolute Gasteiger partial charge is 0.224 e. The molecule has 0 unspecified atom stereocenters. The second-order valence-corrected chi connectivity index (χ2v) is 4.21. The molecule has 0 spiro atoms. The van der Waals surface area contributed by atoms with Gasteiger partial charge in [-0.1, -0.05) is 25.1 Å². The highest BCUT2D eigenvalue weighted by atomic mass is 32.1. The fraction of sp³-hybridized carbons (Fsp3) is 0.286. The summed E-state index contributed by atoms with van der Waals surface area (Å²) in [6.45, 7) is 7.02. The number of rotatable bonds is 7. The molecule has 0 radical (unpaired) electrons. The van der Waals surface area contributed by atoms with Crippen LogP contribution < -0.4 is 20.6 Å². The van der Waals surface area contributed by atoms with Crippen molar-refractivity contribution in [2.45, 2.75) is 13.3 Å². The second-order valence-electron chi connectivity index (χ2n) is 3.80. The van der Waals surface area contributed by atoms with Gasteiger partial charge in [-0.05, 0) is 30.8 Å². The maximum absolute atomic E-state index is 5.65. The Kier molecular flexibility index (Phi) is 7.27. The fourth-order valence-corrected chi connectivity index (χ4v) is 1.47. The molecular formula is C14H20N3OS+. The Labute approximate surface area is 119 Å². The Hall–Kier alpha value is -1.88. The maximum Gasteiger partial charge on any atom is 0.224 e. The number of hydrazine groups is 1. The van der Waals surface area contributed by atoms with Crippen molar-refractivity contribution in [1.29, 1.82) is 0 Å². The van der Waals surface area contributed by atoms with Crippen LogP contribution >= 0.6 is 12.2 Å². The van der Waals surface area contributed by atoms with Crippen molar-refractivity contribution in [2.75, 3.05) is 13.2 Å². The van der Waals surface area contributed by atoms with Gasteiger partial charge in [0.1, 0.15) is 5.75 Å². The van der Waals surface area contributed by atoms with Crippen molar-refractivity contribution >= 4 is 23.5 Å². The lowest BCUT2D eigenvalue weighted by Crippen LogP contribution is -2.82. The van der Waals surface area contributed by atoms with Gasteiger partial charge < -0.3 is 10.1 Å². The molecule has 0 saturated carbocycles. The molecule has 0 fully saturated rings. The van der Waals surface area contributed by atoms with Crippen molar-refractivity contribution in [1.82, 2.24) is 10.7 Å². The minimum atomic E-state index is 0.517. The fourth-order valence-electron chi connectivity index (χ4n) is 1.33. The maximum atomic E-state index is 5.65. The number of thiocarbonyl (C=S) groups is 1. The van der Waals surface area contributed by atoms with Crippen LogP contribution in [0.25, 0.3) is 0 Å².